The normalized spacial score (nSPS) is 13.5. The van der Waals surface area contributed by atoms with Crippen LogP contribution < -0.4 is 0 Å². The molecule has 1 N–H and O–H groups in total. The van der Waals surface area contributed by atoms with E-state index in [0.29, 0.717) is 24.0 Å². The SMILES string of the molecule is CCOC(=O)c1cnc(SCC(=O)N2CCc3ccccc3C2)[nH]1. The molecule has 0 radical (unpaired) electrons. The molecule has 3 rings (SSSR count). The van der Waals surface area contributed by atoms with Crippen molar-refractivity contribution >= 4 is 23.6 Å². The first-order chi connectivity index (χ1) is 11.7. The molecule has 1 aromatic heterocycles. The number of carbonyl (C=O) groups is 2. The lowest BCUT2D eigenvalue weighted by atomic mass is 10.00. The predicted octanol–water partition coefficient (Wildman–Crippen LogP) is 2.26. The standard InChI is InChI=1S/C17H19N3O3S/c1-2-23-16(22)14-9-18-17(19-14)24-11-15(21)20-8-7-12-5-3-4-6-13(12)10-20/h3-6,9H,2,7-8,10-11H2,1H3,(H,18,19). The Hall–Kier alpha value is -2.28. The smallest absolute Gasteiger partial charge is 0.356 e. The van der Waals surface area contributed by atoms with E-state index in [1.807, 2.05) is 17.0 Å². The second-order valence-corrected chi connectivity index (χ2v) is 6.41. The number of amides is 1. The Labute approximate surface area is 144 Å². The van der Waals surface area contributed by atoms with Gasteiger partial charge < -0.3 is 14.6 Å². The van der Waals surface area contributed by atoms with Gasteiger partial charge in [0.1, 0.15) is 5.69 Å². The van der Waals surface area contributed by atoms with Crippen LogP contribution in [0.25, 0.3) is 0 Å². The summed E-state index contributed by atoms with van der Waals surface area (Å²) in [7, 11) is 0. The summed E-state index contributed by atoms with van der Waals surface area (Å²) in [5.41, 5.74) is 2.84. The summed E-state index contributed by atoms with van der Waals surface area (Å²) < 4.78 is 4.90. The Morgan fingerprint density at radius 3 is 2.92 bits per heavy atom. The van der Waals surface area contributed by atoms with Crippen molar-refractivity contribution in [1.29, 1.82) is 0 Å². The molecule has 2 aromatic rings. The fraction of sp³-hybridized carbons (Fsp3) is 0.353. The van der Waals surface area contributed by atoms with Gasteiger partial charge in [-0.3, -0.25) is 4.79 Å². The molecule has 0 saturated heterocycles. The van der Waals surface area contributed by atoms with Crippen LogP contribution in [0.3, 0.4) is 0 Å². The second kappa shape index (κ2) is 7.53. The molecule has 2 heterocycles. The lowest BCUT2D eigenvalue weighted by Crippen LogP contribution is -2.37. The van der Waals surface area contributed by atoms with Crippen LogP contribution in [-0.4, -0.2) is 45.6 Å². The Morgan fingerprint density at radius 1 is 1.33 bits per heavy atom. The molecule has 0 spiro atoms. The number of nitrogens with zero attached hydrogens (tertiary/aromatic N) is 2. The average molecular weight is 345 g/mol. The molecular formula is C17H19N3O3S. The van der Waals surface area contributed by atoms with Crippen molar-refractivity contribution in [3.05, 3.63) is 47.3 Å². The number of esters is 1. The molecule has 0 aliphatic carbocycles. The number of benzene rings is 1. The second-order valence-electron chi connectivity index (χ2n) is 5.45. The monoisotopic (exact) mass is 345 g/mol. The zero-order chi connectivity index (χ0) is 16.9. The summed E-state index contributed by atoms with van der Waals surface area (Å²) in [5.74, 6) is -0.0720. The first-order valence-corrected chi connectivity index (χ1v) is 8.85. The van der Waals surface area contributed by atoms with E-state index in [-0.39, 0.29) is 11.7 Å². The number of carbonyl (C=O) groups excluding carboxylic acids is 2. The van der Waals surface area contributed by atoms with Crippen molar-refractivity contribution in [2.45, 2.75) is 25.0 Å². The minimum absolute atomic E-state index is 0.0728. The van der Waals surface area contributed by atoms with E-state index in [0.717, 1.165) is 13.0 Å². The van der Waals surface area contributed by atoms with Crippen LogP contribution >= 0.6 is 11.8 Å². The molecule has 0 atom stereocenters. The quantitative estimate of drug-likeness (QED) is 0.664. The van der Waals surface area contributed by atoms with E-state index in [2.05, 4.69) is 22.1 Å². The number of aromatic nitrogens is 2. The van der Waals surface area contributed by atoms with Crippen LogP contribution in [0.2, 0.25) is 0 Å². The highest BCUT2D eigenvalue weighted by atomic mass is 32.2. The van der Waals surface area contributed by atoms with Crippen LogP contribution in [0.15, 0.2) is 35.6 Å². The van der Waals surface area contributed by atoms with E-state index in [1.165, 1.54) is 29.1 Å². The van der Waals surface area contributed by atoms with E-state index < -0.39 is 5.97 Å². The lowest BCUT2D eigenvalue weighted by Gasteiger charge is -2.28. The van der Waals surface area contributed by atoms with Gasteiger partial charge in [-0.05, 0) is 24.5 Å². The summed E-state index contributed by atoms with van der Waals surface area (Å²) in [6.07, 6.45) is 2.32. The number of H-pyrrole nitrogens is 1. The summed E-state index contributed by atoms with van der Waals surface area (Å²) in [6, 6.07) is 8.22. The molecule has 126 valence electrons. The molecule has 1 amide bonds. The van der Waals surface area contributed by atoms with E-state index in [9.17, 15) is 9.59 Å². The third kappa shape index (κ3) is 3.79. The van der Waals surface area contributed by atoms with E-state index in [1.54, 1.807) is 6.92 Å². The van der Waals surface area contributed by atoms with Gasteiger partial charge in [-0.1, -0.05) is 36.0 Å². The zero-order valence-corrected chi connectivity index (χ0v) is 14.3. The summed E-state index contributed by atoms with van der Waals surface area (Å²) in [4.78, 5) is 32.8. The maximum Gasteiger partial charge on any atom is 0.356 e. The van der Waals surface area contributed by atoms with E-state index >= 15 is 0 Å². The average Bonchev–Trinajstić information content (AvgIpc) is 3.08. The van der Waals surface area contributed by atoms with Crippen molar-refractivity contribution < 1.29 is 14.3 Å². The predicted molar refractivity (Wildman–Crippen MR) is 90.8 cm³/mol. The number of ether oxygens (including phenoxy) is 1. The highest BCUT2D eigenvalue weighted by Crippen LogP contribution is 2.21. The number of aromatic amines is 1. The number of thioether (sulfide) groups is 1. The molecule has 0 fully saturated rings. The van der Waals surface area contributed by atoms with Crippen molar-refractivity contribution in [3.8, 4) is 0 Å². The largest absolute Gasteiger partial charge is 0.461 e. The lowest BCUT2D eigenvalue weighted by molar-refractivity contribution is -0.129. The maximum absolute atomic E-state index is 12.4. The Kier molecular flexibility index (Phi) is 5.20. The zero-order valence-electron chi connectivity index (χ0n) is 13.4. The van der Waals surface area contributed by atoms with E-state index in [4.69, 9.17) is 4.74 Å². The third-order valence-corrected chi connectivity index (χ3v) is 4.74. The van der Waals surface area contributed by atoms with Gasteiger partial charge in [0.25, 0.3) is 0 Å². The number of nitrogens with one attached hydrogen (secondary N) is 1. The first kappa shape index (κ1) is 16.6. The fourth-order valence-electron chi connectivity index (χ4n) is 2.62. The highest BCUT2D eigenvalue weighted by molar-refractivity contribution is 7.99. The topological polar surface area (TPSA) is 75.3 Å². The Bertz CT molecular complexity index is 744. The number of fused-ring (bicyclic) bond motifs is 1. The van der Waals surface area contributed by atoms with Crippen LogP contribution in [0.5, 0.6) is 0 Å². The number of hydrogen-bond donors (Lipinski definition) is 1. The molecule has 1 aliphatic rings. The van der Waals surface area contributed by atoms with Crippen LogP contribution in [0.4, 0.5) is 0 Å². The number of imidazole rings is 1. The Morgan fingerprint density at radius 2 is 2.12 bits per heavy atom. The van der Waals surface area contributed by atoms with Gasteiger partial charge in [0.15, 0.2) is 5.16 Å². The molecular weight excluding hydrogens is 326 g/mol. The van der Waals surface area contributed by atoms with Crippen LogP contribution in [0, 0.1) is 0 Å². The molecule has 7 heteroatoms. The molecule has 1 aromatic carbocycles. The van der Waals surface area contributed by atoms with Gasteiger partial charge in [-0.15, -0.1) is 0 Å². The molecule has 0 saturated carbocycles. The molecule has 0 unspecified atom stereocenters. The number of rotatable bonds is 5. The minimum atomic E-state index is -0.434. The molecule has 0 bridgehead atoms. The third-order valence-electron chi connectivity index (χ3n) is 3.86. The van der Waals surface area contributed by atoms with Crippen molar-refractivity contribution in [2.75, 3.05) is 18.9 Å². The van der Waals surface area contributed by atoms with Gasteiger partial charge in [0, 0.05) is 13.1 Å². The molecule has 24 heavy (non-hydrogen) atoms. The van der Waals surface area contributed by atoms with Gasteiger partial charge in [-0.25, -0.2) is 9.78 Å². The number of hydrogen-bond acceptors (Lipinski definition) is 5. The van der Waals surface area contributed by atoms with Crippen molar-refractivity contribution in [1.82, 2.24) is 14.9 Å². The highest BCUT2D eigenvalue weighted by Gasteiger charge is 2.21. The van der Waals surface area contributed by atoms with Gasteiger partial charge in [0.2, 0.25) is 5.91 Å². The van der Waals surface area contributed by atoms with Crippen LogP contribution in [0.1, 0.15) is 28.5 Å². The summed E-state index contributed by atoms with van der Waals surface area (Å²) >= 11 is 1.29. The summed E-state index contributed by atoms with van der Waals surface area (Å²) in [5, 5.41) is 0.545. The van der Waals surface area contributed by atoms with Crippen LogP contribution in [-0.2, 0) is 22.5 Å². The first-order valence-electron chi connectivity index (χ1n) is 7.87. The summed E-state index contributed by atoms with van der Waals surface area (Å²) in [6.45, 7) is 3.46. The minimum Gasteiger partial charge on any atom is -0.461 e. The molecule has 1 aliphatic heterocycles. The van der Waals surface area contributed by atoms with Gasteiger partial charge >= 0.3 is 5.97 Å². The van der Waals surface area contributed by atoms with Crippen molar-refractivity contribution in [3.63, 3.8) is 0 Å². The molecule has 6 nitrogen and oxygen atoms in total. The maximum atomic E-state index is 12.4. The van der Waals surface area contributed by atoms with Gasteiger partial charge in [-0.2, -0.15) is 0 Å². The Balaban J connectivity index is 1.54. The fourth-order valence-corrected chi connectivity index (χ4v) is 3.37. The van der Waals surface area contributed by atoms with Gasteiger partial charge in [0.05, 0.1) is 18.6 Å². The van der Waals surface area contributed by atoms with Crippen molar-refractivity contribution in [2.24, 2.45) is 0 Å².